The fourth-order valence-electron chi connectivity index (χ4n) is 3.61. The van der Waals surface area contributed by atoms with Crippen LogP contribution in [0.2, 0.25) is 0 Å². The largest absolute Gasteiger partial charge is 0.347 e. The van der Waals surface area contributed by atoms with Crippen LogP contribution in [0.3, 0.4) is 0 Å². The summed E-state index contributed by atoms with van der Waals surface area (Å²) in [6.45, 7) is 0. The van der Waals surface area contributed by atoms with Crippen LogP contribution in [0.15, 0.2) is 66.3 Å². The normalized spacial score (nSPS) is 14.1. The second-order valence-electron chi connectivity index (χ2n) is 7.95. The molecule has 2 aromatic heterocycles. The number of nitrogens with zero attached hydrogens (tertiary/aromatic N) is 3. The van der Waals surface area contributed by atoms with Gasteiger partial charge in [-0.25, -0.2) is 9.67 Å². The van der Waals surface area contributed by atoms with Crippen molar-refractivity contribution in [2.24, 2.45) is 0 Å². The lowest BCUT2D eigenvalue weighted by Gasteiger charge is -2.17. The third-order valence-electron chi connectivity index (χ3n) is 5.47. The Kier molecular flexibility index (Phi) is 5.70. The molecule has 4 aromatic rings. The van der Waals surface area contributed by atoms with Crippen molar-refractivity contribution in [2.75, 3.05) is 0 Å². The molecule has 33 heavy (non-hydrogen) atoms. The van der Waals surface area contributed by atoms with Gasteiger partial charge in [-0.2, -0.15) is 5.10 Å². The van der Waals surface area contributed by atoms with Crippen molar-refractivity contribution in [1.82, 2.24) is 25.4 Å². The average molecular weight is 460 g/mol. The molecule has 0 radical (unpaired) electrons. The number of carbonyl (C=O) groups is 3. The number of para-hydroxylation sites is 1. The molecule has 1 unspecified atom stereocenters. The molecule has 0 saturated heterocycles. The van der Waals surface area contributed by atoms with Crippen molar-refractivity contribution in [2.45, 2.75) is 31.3 Å². The quantitative estimate of drug-likeness (QED) is 0.394. The molecular formula is C24H21N5O3S. The number of aromatic nitrogens is 3. The number of ketones is 1. The number of Topliss-reactive ketones (excluding diaryl/α,β-unsaturated/α-hetero) is 1. The molecule has 1 fully saturated rings. The highest BCUT2D eigenvalue weighted by Gasteiger charge is 2.32. The molecule has 1 aliphatic carbocycles. The summed E-state index contributed by atoms with van der Waals surface area (Å²) in [7, 11) is 0. The van der Waals surface area contributed by atoms with Gasteiger partial charge in [0, 0.05) is 17.8 Å². The Morgan fingerprint density at radius 3 is 2.61 bits per heavy atom. The number of hydrogen-bond donors (Lipinski definition) is 2. The van der Waals surface area contributed by atoms with Gasteiger partial charge in [-0.3, -0.25) is 14.4 Å². The van der Waals surface area contributed by atoms with Crippen molar-refractivity contribution in [3.05, 3.63) is 76.7 Å². The van der Waals surface area contributed by atoms with E-state index < -0.39 is 23.6 Å². The van der Waals surface area contributed by atoms with E-state index in [0.717, 1.165) is 40.6 Å². The maximum absolute atomic E-state index is 13.3. The predicted molar refractivity (Wildman–Crippen MR) is 124 cm³/mol. The molecule has 9 heteroatoms. The Balaban J connectivity index is 1.41. The first-order valence-electron chi connectivity index (χ1n) is 10.7. The van der Waals surface area contributed by atoms with Crippen LogP contribution < -0.4 is 10.6 Å². The van der Waals surface area contributed by atoms with Crippen LogP contribution >= 0.6 is 11.3 Å². The van der Waals surface area contributed by atoms with Gasteiger partial charge in [0.1, 0.15) is 10.9 Å². The zero-order valence-electron chi connectivity index (χ0n) is 17.6. The molecule has 0 spiro atoms. The number of amides is 2. The van der Waals surface area contributed by atoms with Crippen LogP contribution in [0.5, 0.6) is 0 Å². The Morgan fingerprint density at radius 2 is 1.82 bits per heavy atom. The van der Waals surface area contributed by atoms with Crippen LogP contribution in [0.4, 0.5) is 0 Å². The maximum Gasteiger partial charge on any atom is 0.289 e. The van der Waals surface area contributed by atoms with Gasteiger partial charge >= 0.3 is 0 Å². The average Bonchev–Trinajstić information content (AvgIpc) is 3.33. The fourth-order valence-corrected chi connectivity index (χ4v) is 4.28. The SMILES string of the molecule is O=C(NC1CC1)C(=O)C(Cc1ccccc1)NC(=O)c1scnc1-n1ncc2ccccc21. The highest BCUT2D eigenvalue weighted by Crippen LogP contribution is 2.23. The van der Waals surface area contributed by atoms with Crippen LogP contribution in [-0.2, 0) is 16.0 Å². The summed E-state index contributed by atoms with van der Waals surface area (Å²) in [5.74, 6) is -1.41. The molecule has 1 atom stereocenters. The first-order valence-corrected chi connectivity index (χ1v) is 11.5. The van der Waals surface area contributed by atoms with Gasteiger partial charge in [0.15, 0.2) is 5.82 Å². The number of nitrogens with one attached hydrogen (secondary N) is 2. The van der Waals surface area contributed by atoms with Crippen molar-refractivity contribution in [3.63, 3.8) is 0 Å². The molecule has 1 saturated carbocycles. The maximum atomic E-state index is 13.3. The topological polar surface area (TPSA) is 106 Å². The van der Waals surface area contributed by atoms with E-state index in [4.69, 9.17) is 0 Å². The van der Waals surface area contributed by atoms with E-state index >= 15 is 0 Å². The number of carbonyl (C=O) groups excluding carboxylic acids is 3. The standard InChI is InChI=1S/C24H21N5O3S/c30-20(23(31)27-17-10-11-17)18(12-15-6-2-1-3-7-15)28-24(32)21-22(25-14-33-21)29-19-9-5-4-8-16(19)13-26-29/h1-9,13-14,17-18H,10-12H2,(H,27,31)(H,28,32). The van der Waals surface area contributed by atoms with Crippen LogP contribution in [0, 0.1) is 0 Å². The van der Waals surface area contributed by atoms with Gasteiger partial charge in [0.05, 0.1) is 17.2 Å². The smallest absolute Gasteiger partial charge is 0.289 e. The van der Waals surface area contributed by atoms with Gasteiger partial charge in [-0.05, 0) is 24.5 Å². The van der Waals surface area contributed by atoms with Gasteiger partial charge in [0.2, 0.25) is 5.78 Å². The Bertz CT molecular complexity index is 1330. The molecule has 8 nitrogen and oxygen atoms in total. The summed E-state index contributed by atoms with van der Waals surface area (Å²) in [6, 6.07) is 16.0. The summed E-state index contributed by atoms with van der Waals surface area (Å²) < 4.78 is 1.61. The summed E-state index contributed by atoms with van der Waals surface area (Å²) in [5, 5.41) is 10.8. The lowest BCUT2D eigenvalue weighted by atomic mass is 10.0. The van der Waals surface area contributed by atoms with Crippen molar-refractivity contribution in [1.29, 1.82) is 0 Å². The van der Waals surface area contributed by atoms with Crippen molar-refractivity contribution >= 4 is 39.8 Å². The first-order chi connectivity index (χ1) is 16.1. The van der Waals surface area contributed by atoms with Gasteiger partial charge in [0.25, 0.3) is 11.8 Å². The molecular weight excluding hydrogens is 438 g/mol. The molecule has 0 aliphatic heterocycles. The zero-order valence-corrected chi connectivity index (χ0v) is 18.4. The highest BCUT2D eigenvalue weighted by atomic mass is 32.1. The minimum Gasteiger partial charge on any atom is -0.347 e. The third-order valence-corrected chi connectivity index (χ3v) is 6.29. The summed E-state index contributed by atoms with van der Waals surface area (Å²) in [6.07, 6.45) is 3.66. The lowest BCUT2D eigenvalue weighted by Crippen LogP contribution is -2.49. The zero-order chi connectivity index (χ0) is 22.8. The fraction of sp³-hybridized carbons (Fsp3) is 0.208. The van der Waals surface area contributed by atoms with E-state index in [1.165, 1.54) is 0 Å². The van der Waals surface area contributed by atoms with Gasteiger partial charge in [-0.1, -0.05) is 48.5 Å². The molecule has 2 heterocycles. The molecule has 166 valence electrons. The predicted octanol–water partition coefficient (Wildman–Crippen LogP) is 2.67. The van der Waals surface area contributed by atoms with Crippen LogP contribution in [0.25, 0.3) is 16.7 Å². The number of hydrogen-bond acceptors (Lipinski definition) is 6. The van der Waals surface area contributed by atoms with Crippen LogP contribution in [-0.4, -0.2) is 44.4 Å². The van der Waals surface area contributed by atoms with E-state index in [-0.39, 0.29) is 12.5 Å². The second-order valence-corrected chi connectivity index (χ2v) is 8.80. The van der Waals surface area contributed by atoms with Crippen molar-refractivity contribution < 1.29 is 14.4 Å². The third kappa shape index (κ3) is 4.54. The Morgan fingerprint density at radius 1 is 1.06 bits per heavy atom. The summed E-state index contributed by atoms with van der Waals surface area (Å²) in [5.41, 5.74) is 3.23. The molecule has 1 aliphatic rings. The van der Waals surface area contributed by atoms with E-state index in [2.05, 4.69) is 20.7 Å². The number of fused-ring (bicyclic) bond motifs is 1. The minimum absolute atomic E-state index is 0.0516. The Hall–Kier alpha value is -3.85. The number of rotatable bonds is 8. The molecule has 0 bridgehead atoms. The van der Waals surface area contributed by atoms with Gasteiger partial charge < -0.3 is 10.6 Å². The van der Waals surface area contributed by atoms with Gasteiger partial charge in [-0.15, -0.1) is 11.3 Å². The monoisotopic (exact) mass is 459 g/mol. The van der Waals surface area contributed by atoms with Crippen LogP contribution in [0.1, 0.15) is 28.1 Å². The van der Waals surface area contributed by atoms with E-state index in [9.17, 15) is 14.4 Å². The summed E-state index contributed by atoms with van der Waals surface area (Å²) in [4.78, 5) is 43.3. The second kappa shape index (κ2) is 8.95. The van der Waals surface area contributed by atoms with E-state index in [1.807, 2.05) is 54.6 Å². The molecule has 2 N–H and O–H groups in total. The highest BCUT2D eigenvalue weighted by molar-refractivity contribution is 7.12. The summed E-state index contributed by atoms with van der Waals surface area (Å²) >= 11 is 1.16. The lowest BCUT2D eigenvalue weighted by molar-refractivity contribution is -0.139. The first kappa shape index (κ1) is 21.0. The number of benzene rings is 2. The molecule has 2 aromatic carbocycles. The van der Waals surface area contributed by atoms with Crippen molar-refractivity contribution in [3.8, 4) is 5.82 Å². The minimum atomic E-state index is -0.997. The van der Waals surface area contributed by atoms with E-state index in [0.29, 0.717) is 10.7 Å². The Labute approximate surface area is 193 Å². The molecule has 2 amide bonds. The van der Waals surface area contributed by atoms with E-state index in [1.54, 1.807) is 16.4 Å². The molecule has 5 rings (SSSR count). The number of thiazole rings is 1.